The average molecular weight is 250 g/mol. The van der Waals surface area contributed by atoms with E-state index in [1.165, 1.54) is 0 Å². The number of sulfone groups is 1. The van der Waals surface area contributed by atoms with Gasteiger partial charge in [-0.1, -0.05) is 6.07 Å². The SMILES string of the molecule is Cc1ccc(C#N)cc1N1CCS(=O)(=O)CC1. The quantitative estimate of drug-likeness (QED) is 0.749. The van der Waals surface area contributed by atoms with Gasteiger partial charge in [0, 0.05) is 18.8 Å². The van der Waals surface area contributed by atoms with E-state index in [1.807, 2.05) is 24.0 Å². The summed E-state index contributed by atoms with van der Waals surface area (Å²) in [5.41, 5.74) is 2.65. The van der Waals surface area contributed by atoms with Crippen LogP contribution in [0.5, 0.6) is 0 Å². The Bertz CT molecular complexity index is 559. The number of anilines is 1. The number of rotatable bonds is 1. The highest BCUT2D eigenvalue weighted by molar-refractivity contribution is 7.91. The molecule has 4 nitrogen and oxygen atoms in total. The van der Waals surface area contributed by atoms with Crippen LogP contribution in [0, 0.1) is 18.3 Å². The summed E-state index contributed by atoms with van der Waals surface area (Å²) in [5, 5.41) is 8.87. The number of nitrogens with zero attached hydrogens (tertiary/aromatic N) is 2. The lowest BCUT2D eigenvalue weighted by molar-refractivity contribution is 0.586. The molecule has 1 heterocycles. The van der Waals surface area contributed by atoms with Crippen molar-refractivity contribution in [1.82, 2.24) is 0 Å². The van der Waals surface area contributed by atoms with E-state index in [4.69, 9.17) is 5.26 Å². The first-order valence-electron chi connectivity index (χ1n) is 5.48. The minimum absolute atomic E-state index is 0.198. The summed E-state index contributed by atoms with van der Waals surface area (Å²) in [6.07, 6.45) is 0. The fourth-order valence-corrected chi connectivity index (χ4v) is 3.17. The number of hydrogen-bond donors (Lipinski definition) is 0. The van der Waals surface area contributed by atoms with Crippen LogP contribution in [0.4, 0.5) is 5.69 Å². The van der Waals surface area contributed by atoms with Crippen LogP contribution in [0.2, 0.25) is 0 Å². The highest BCUT2D eigenvalue weighted by atomic mass is 32.2. The first-order chi connectivity index (χ1) is 8.02. The van der Waals surface area contributed by atoms with Gasteiger partial charge in [-0.2, -0.15) is 5.26 Å². The van der Waals surface area contributed by atoms with Gasteiger partial charge in [-0.3, -0.25) is 0 Å². The molecule has 0 radical (unpaired) electrons. The normalized spacial score (nSPS) is 18.7. The lowest BCUT2D eigenvalue weighted by atomic mass is 10.1. The summed E-state index contributed by atoms with van der Waals surface area (Å²) in [6, 6.07) is 7.61. The van der Waals surface area contributed by atoms with Crippen LogP contribution >= 0.6 is 0 Å². The fourth-order valence-electron chi connectivity index (χ4n) is 1.97. The van der Waals surface area contributed by atoms with Crippen molar-refractivity contribution in [3.8, 4) is 6.07 Å². The summed E-state index contributed by atoms with van der Waals surface area (Å²) in [7, 11) is -2.86. The Hall–Kier alpha value is -1.54. The Labute approximate surface area is 101 Å². The van der Waals surface area contributed by atoms with Crippen molar-refractivity contribution < 1.29 is 8.42 Å². The molecular formula is C12H14N2O2S. The number of nitriles is 1. The molecule has 0 N–H and O–H groups in total. The van der Waals surface area contributed by atoms with E-state index in [9.17, 15) is 8.42 Å². The summed E-state index contributed by atoms with van der Waals surface area (Å²) in [4.78, 5) is 2.04. The molecule has 1 aromatic carbocycles. The van der Waals surface area contributed by atoms with Gasteiger partial charge in [0.1, 0.15) is 0 Å². The molecule has 0 aromatic heterocycles. The van der Waals surface area contributed by atoms with Crippen LogP contribution in [0.15, 0.2) is 18.2 Å². The average Bonchev–Trinajstić information content (AvgIpc) is 2.30. The topological polar surface area (TPSA) is 61.2 Å². The van der Waals surface area contributed by atoms with Crippen LogP contribution in [0.25, 0.3) is 0 Å². The summed E-state index contributed by atoms with van der Waals surface area (Å²) in [5.74, 6) is 0.395. The molecule has 1 aromatic rings. The molecule has 2 rings (SSSR count). The van der Waals surface area contributed by atoms with Gasteiger partial charge in [0.15, 0.2) is 9.84 Å². The van der Waals surface area contributed by atoms with E-state index in [1.54, 1.807) is 6.07 Å². The third-order valence-corrected chi connectivity index (χ3v) is 4.63. The van der Waals surface area contributed by atoms with Gasteiger partial charge in [0.2, 0.25) is 0 Å². The molecule has 0 atom stereocenters. The van der Waals surface area contributed by atoms with Crippen LogP contribution in [-0.4, -0.2) is 33.0 Å². The first kappa shape index (κ1) is 11.9. The molecule has 0 saturated carbocycles. The molecule has 0 bridgehead atoms. The molecule has 1 aliphatic heterocycles. The maximum absolute atomic E-state index is 11.4. The molecule has 1 fully saturated rings. The van der Waals surface area contributed by atoms with E-state index in [2.05, 4.69) is 6.07 Å². The van der Waals surface area contributed by atoms with E-state index >= 15 is 0 Å². The second kappa shape index (κ2) is 4.38. The lowest BCUT2D eigenvalue weighted by Crippen LogP contribution is -2.40. The fraction of sp³-hybridized carbons (Fsp3) is 0.417. The molecule has 1 aliphatic rings. The van der Waals surface area contributed by atoms with Crippen molar-refractivity contribution in [2.75, 3.05) is 29.5 Å². The predicted octanol–water partition coefficient (Wildman–Crippen LogP) is 1.10. The summed E-state index contributed by atoms with van der Waals surface area (Å²) >= 11 is 0. The molecule has 0 unspecified atom stereocenters. The van der Waals surface area contributed by atoms with Crippen molar-refractivity contribution in [2.24, 2.45) is 0 Å². The Morgan fingerprint density at radius 3 is 2.53 bits per heavy atom. The third-order valence-electron chi connectivity index (χ3n) is 3.02. The minimum atomic E-state index is -2.86. The molecular weight excluding hydrogens is 236 g/mol. The molecule has 5 heteroatoms. The van der Waals surface area contributed by atoms with Crippen molar-refractivity contribution in [3.05, 3.63) is 29.3 Å². The zero-order valence-electron chi connectivity index (χ0n) is 9.68. The largest absolute Gasteiger partial charge is 0.369 e. The Kier molecular flexibility index (Phi) is 3.07. The van der Waals surface area contributed by atoms with Crippen molar-refractivity contribution in [1.29, 1.82) is 5.26 Å². The third kappa shape index (κ3) is 2.59. The summed E-state index contributed by atoms with van der Waals surface area (Å²) in [6.45, 7) is 3.00. The van der Waals surface area contributed by atoms with E-state index in [0.29, 0.717) is 18.7 Å². The van der Waals surface area contributed by atoms with E-state index < -0.39 is 9.84 Å². The van der Waals surface area contributed by atoms with Gasteiger partial charge >= 0.3 is 0 Å². The van der Waals surface area contributed by atoms with E-state index in [-0.39, 0.29) is 11.5 Å². The summed E-state index contributed by atoms with van der Waals surface area (Å²) < 4.78 is 22.7. The van der Waals surface area contributed by atoms with Crippen LogP contribution in [-0.2, 0) is 9.84 Å². The van der Waals surface area contributed by atoms with Crippen molar-refractivity contribution >= 4 is 15.5 Å². The van der Waals surface area contributed by atoms with E-state index in [0.717, 1.165) is 11.3 Å². The Morgan fingerprint density at radius 1 is 1.29 bits per heavy atom. The molecule has 0 amide bonds. The van der Waals surface area contributed by atoms with Gasteiger partial charge in [-0.05, 0) is 24.6 Å². The van der Waals surface area contributed by atoms with Crippen LogP contribution in [0.1, 0.15) is 11.1 Å². The van der Waals surface area contributed by atoms with Gasteiger partial charge < -0.3 is 4.90 Å². The monoisotopic (exact) mass is 250 g/mol. The number of hydrogen-bond acceptors (Lipinski definition) is 4. The number of aryl methyl sites for hydroxylation is 1. The van der Waals surface area contributed by atoms with Gasteiger partial charge in [-0.25, -0.2) is 8.42 Å². The maximum Gasteiger partial charge on any atom is 0.153 e. The standard InChI is InChI=1S/C12H14N2O2S/c1-10-2-3-11(9-13)8-12(10)14-4-6-17(15,16)7-5-14/h2-3,8H,4-7H2,1H3. The highest BCUT2D eigenvalue weighted by Crippen LogP contribution is 2.23. The number of benzene rings is 1. The van der Waals surface area contributed by atoms with Crippen molar-refractivity contribution in [2.45, 2.75) is 6.92 Å². The molecule has 0 spiro atoms. The predicted molar refractivity (Wildman–Crippen MR) is 66.8 cm³/mol. The first-order valence-corrected chi connectivity index (χ1v) is 7.30. The Morgan fingerprint density at radius 2 is 1.94 bits per heavy atom. The molecule has 90 valence electrons. The van der Waals surface area contributed by atoms with Crippen LogP contribution in [0.3, 0.4) is 0 Å². The molecule has 0 aliphatic carbocycles. The lowest BCUT2D eigenvalue weighted by Gasteiger charge is -2.30. The van der Waals surface area contributed by atoms with Gasteiger partial charge in [0.05, 0.1) is 23.1 Å². The smallest absolute Gasteiger partial charge is 0.153 e. The highest BCUT2D eigenvalue weighted by Gasteiger charge is 2.22. The second-order valence-corrected chi connectivity index (χ2v) is 6.56. The van der Waals surface area contributed by atoms with Gasteiger partial charge in [0.25, 0.3) is 0 Å². The molecule has 17 heavy (non-hydrogen) atoms. The maximum atomic E-state index is 11.4. The zero-order chi connectivity index (χ0) is 12.5. The second-order valence-electron chi connectivity index (χ2n) is 4.25. The van der Waals surface area contributed by atoms with Gasteiger partial charge in [-0.15, -0.1) is 0 Å². The molecule has 1 saturated heterocycles. The Balaban J connectivity index is 2.27. The van der Waals surface area contributed by atoms with Crippen LogP contribution < -0.4 is 4.90 Å². The minimum Gasteiger partial charge on any atom is -0.369 e. The van der Waals surface area contributed by atoms with Crippen molar-refractivity contribution in [3.63, 3.8) is 0 Å². The zero-order valence-corrected chi connectivity index (χ0v) is 10.5.